The molecule has 9 heteroatoms. The lowest BCUT2D eigenvalue weighted by atomic mass is 10.1. The number of nitrogens with zero attached hydrogens (tertiary/aromatic N) is 5. The Morgan fingerprint density at radius 1 is 1.32 bits per heavy atom. The molecule has 0 aliphatic carbocycles. The van der Waals surface area contributed by atoms with Crippen molar-refractivity contribution in [1.29, 1.82) is 0 Å². The van der Waals surface area contributed by atoms with Gasteiger partial charge >= 0.3 is 0 Å². The molecule has 0 unspecified atom stereocenters. The van der Waals surface area contributed by atoms with Gasteiger partial charge in [-0.2, -0.15) is 0 Å². The summed E-state index contributed by atoms with van der Waals surface area (Å²) in [6.07, 6.45) is 3.84. The third-order valence-corrected chi connectivity index (χ3v) is 5.68. The minimum atomic E-state index is -0.381. The van der Waals surface area contributed by atoms with E-state index in [4.69, 9.17) is 11.6 Å². The van der Waals surface area contributed by atoms with Gasteiger partial charge in [-0.05, 0) is 25.0 Å². The first-order chi connectivity index (χ1) is 13.5. The molecule has 1 aromatic carbocycles. The minimum absolute atomic E-state index is 0.0291. The van der Waals surface area contributed by atoms with E-state index in [0.717, 1.165) is 18.7 Å². The highest BCUT2D eigenvalue weighted by molar-refractivity contribution is 6.31. The fraction of sp³-hybridized carbons (Fsp3) is 0.474. The number of rotatable bonds is 6. The SMILES string of the molecule is O=C1CCCN1Cc1cn(C2CN(C(=O)CCc3c(F)cccc3Cl)C2)nn1. The molecular formula is C19H21ClFN5O2. The van der Waals surface area contributed by atoms with E-state index in [1.165, 1.54) is 6.07 Å². The van der Waals surface area contributed by atoms with Crippen molar-refractivity contribution >= 4 is 23.4 Å². The standard InChI is InChI=1S/C19H21ClFN5O2/c20-16-3-1-4-17(21)15(16)6-7-19(28)25-11-14(12-25)26-10-13(22-23-26)9-24-8-2-5-18(24)27/h1,3-4,10,14H,2,5-9,11-12H2. The number of hydrogen-bond acceptors (Lipinski definition) is 4. The van der Waals surface area contributed by atoms with Crippen LogP contribution in [0.25, 0.3) is 0 Å². The molecule has 28 heavy (non-hydrogen) atoms. The summed E-state index contributed by atoms with van der Waals surface area (Å²) in [5.74, 6) is -0.253. The number of carbonyl (C=O) groups is 2. The maximum absolute atomic E-state index is 13.8. The Labute approximate surface area is 167 Å². The zero-order valence-electron chi connectivity index (χ0n) is 15.4. The molecule has 2 amide bonds. The molecule has 2 aromatic rings. The molecule has 0 bridgehead atoms. The second kappa shape index (κ2) is 7.87. The lowest BCUT2D eigenvalue weighted by Crippen LogP contribution is -2.51. The first-order valence-electron chi connectivity index (χ1n) is 9.40. The first-order valence-corrected chi connectivity index (χ1v) is 9.78. The third-order valence-electron chi connectivity index (χ3n) is 5.32. The Morgan fingerprint density at radius 3 is 2.86 bits per heavy atom. The zero-order valence-corrected chi connectivity index (χ0v) is 16.1. The van der Waals surface area contributed by atoms with E-state index in [1.54, 1.807) is 26.6 Å². The molecule has 2 fully saturated rings. The van der Waals surface area contributed by atoms with Crippen molar-refractivity contribution in [3.8, 4) is 0 Å². The van der Waals surface area contributed by atoms with Gasteiger partial charge in [-0.15, -0.1) is 5.10 Å². The fourth-order valence-corrected chi connectivity index (χ4v) is 3.88. The Balaban J connectivity index is 1.26. The Morgan fingerprint density at radius 2 is 2.14 bits per heavy atom. The number of halogens is 2. The monoisotopic (exact) mass is 405 g/mol. The summed E-state index contributed by atoms with van der Waals surface area (Å²) < 4.78 is 15.6. The fourth-order valence-electron chi connectivity index (χ4n) is 3.62. The van der Waals surface area contributed by atoms with Gasteiger partial charge in [0.25, 0.3) is 0 Å². The number of benzene rings is 1. The second-order valence-electron chi connectivity index (χ2n) is 7.26. The second-order valence-corrected chi connectivity index (χ2v) is 7.67. The van der Waals surface area contributed by atoms with Crippen molar-refractivity contribution in [2.45, 2.75) is 38.3 Å². The van der Waals surface area contributed by atoms with E-state index >= 15 is 0 Å². The van der Waals surface area contributed by atoms with E-state index < -0.39 is 0 Å². The molecular weight excluding hydrogens is 385 g/mol. The smallest absolute Gasteiger partial charge is 0.223 e. The highest BCUT2D eigenvalue weighted by Crippen LogP contribution is 2.24. The molecule has 2 saturated heterocycles. The van der Waals surface area contributed by atoms with Crippen LogP contribution < -0.4 is 0 Å². The summed E-state index contributed by atoms with van der Waals surface area (Å²) in [5, 5.41) is 8.63. The van der Waals surface area contributed by atoms with Crippen LogP contribution in [0, 0.1) is 5.82 Å². The summed E-state index contributed by atoms with van der Waals surface area (Å²) >= 11 is 6.01. The summed E-state index contributed by atoms with van der Waals surface area (Å²) in [6, 6.07) is 4.61. The van der Waals surface area contributed by atoms with E-state index in [-0.39, 0.29) is 36.5 Å². The van der Waals surface area contributed by atoms with Crippen molar-refractivity contribution in [2.24, 2.45) is 0 Å². The van der Waals surface area contributed by atoms with E-state index in [9.17, 15) is 14.0 Å². The summed E-state index contributed by atoms with van der Waals surface area (Å²) in [6.45, 7) is 2.35. The van der Waals surface area contributed by atoms with E-state index in [0.29, 0.717) is 36.6 Å². The van der Waals surface area contributed by atoms with E-state index in [1.807, 2.05) is 6.20 Å². The third kappa shape index (κ3) is 3.87. The van der Waals surface area contributed by atoms with E-state index in [2.05, 4.69) is 10.3 Å². The maximum atomic E-state index is 13.8. The predicted molar refractivity (Wildman–Crippen MR) is 100 cm³/mol. The Hall–Kier alpha value is -2.48. The quantitative estimate of drug-likeness (QED) is 0.738. The van der Waals surface area contributed by atoms with Crippen LogP contribution in [-0.2, 0) is 22.6 Å². The number of carbonyl (C=O) groups excluding carboxylic acids is 2. The normalized spacial score (nSPS) is 17.3. The Bertz CT molecular complexity index is 876. The minimum Gasteiger partial charge on any atom is -0.338 e. The summed E-state index contributed by atoms with van der Waals surface area (Å²) in [7, 11) is 0. The van der Waals surface area contributed by atoms with Crippen molar-refractivity contribution in [3.05, 3.63) is 46.5 Å². The van der Waals surface area contributed by atoms with Gasteiger partial charge in [-0.25, -0.2) is 9.07 Å². The van der Waals surface area contributed by atoms with Crippen molar-refractivity contribution in [1.82, 2.24) is 24.8 Å². The van der Waals surface area contributed by atoms with Gasteiger partial charge in [-0.3, -0.25) is 9.59 Å². The van der Waals surface area contributed by atoms with Crippen LogP contribution in [0.5, 0.6) is 0 Å². The summed E-state index contributed by atoms with van der Waals surface area (Å²) in [4.78, 5) is 27.6. The van der Waals surface area contributed by atoms with Crippen LogP contribution in [0.2, 0.25) is 5.02 Å². The lowest BCUT2D eigenvalue weighted by Gasteiger charge is -2.39. The maximum Gasteiger partial charge on any atom is 0.223 e. The molecule has 4 rings (SSSR count). The molecule has 7 nitrogen and oxygen atoms in total. The zero-order chi connectivity index (χ0) is 19.7. The average Bonchev–Trinajstić information content (AvgIpc) is 3.23. The van der Waals surface area contributed by atoms with Crippen LogP contribution in [0.1, 0.15) is 36.6 Å². The van der Waals surface area contributed by atoms with Gasteiger partial charge in [0.1, 0.15) is 11.5 Å². The van der Waals surface area contributed by atoms with Crippen molar-refractivity contribution < 1.29 is 14.0 Å². The van der Waals surface area contributed by atoms with Crippen molar-refractivity contribution in [2.75, 3.05) is 19.6 Å². The molecule has 0 saturated carbocycles. The predicted octanol–water partition coefficient (Wildman–Crippen LogP) is 2.21. The van der Waals surface area contributed by atoms with Crippen molar-refractivity contribution in [3.63, 3.8) is 0 Å². The van der Waals surface area contributed by atoms with Gasteiger partial charge in [0.15, 0.2) is 0 Å². The molecule has 148 valence electrons. The largest absolute Gasteiger partial charge is 0.338 e. The van der Waals surface area contributed by atoms with Gasteiger partial charge in [-0.1, -0.05) is 22.9 Å². The number of likely N-dealkylation sites (tertiary alicyclic amines) is 2. The first kappa shape index (κ1) is 18.9. The lowest BCUT2D eigenvalue weighted by molar-refractivity contribution is -0.137. The number of aromatic nitrogens is 3. The van der Waals surface area contributed by atoms with Crippen LogP contribution >= 0.6 is 11.6 Å². The van der Waals surface area contributed by atoms with Crippen LogP contribution in [0.3, 0.4) is 0 Å². The number of amides is 2. The molecule has 0 radical (unpaired) electrons. The molecule has 2 aliphatic rings. The highest BCUT2D eigenvalue weighted by Gasteiger charge is 2.33. The van der Waals surface area contributed by atoms with Gasteiger partial charge in [0.05, 0.1) is 18.8 Å². The molecule has 2 aliphatic heterocycles. The average molecular weight is 406 g/mol. The molecule has 1 aromatic heterocycles. The molecule has 0 spiro atoms. The highest BCUT2D eigenvalue weighted by atomic mass is 35.5. The van der Waals surface area contributed by atoms with Gasteiger partial charge in [0, 0.05) is 43.1 Å². The van der Waals surface area contributed by atoms with Crippen LogP contribution in [0.15, 0.2) is 24.4 Å². The molecule has 0 N–H and O–H groups in total. The van der Waals surface area contributed by atoms with Gasteiger partial charge < -0.3 is 9.80 Å². The van der Waals surface area contributed by atoms with Gasteiger partial charge in [0.2, 0.25) is 11.8 Å². The van der Waals surface area contributed by atoms with Crippen LogP contribution in [0.4, 0.5) is 4.39 Å². The Kier molecular flexibility index (Phi) is 5.30. The topological polar surface area (TPSA) is 71.3 Å². The van der Waals surface area contributed by atoms with Crippen LogP contribution in [-0.4, -0.2) is 56.2 Å². The molecule has 0 atom stereocenters. The molecule has 3 heterocycles. The summed E-state index contributed by atoms with van der Waals surface area (Å²) in [5.41, 5.74) is 1.14. The number of hydrogen-bond donors (Lipinski definition) is 0.